The molecular weight excluding hydrogens is 288 g/mol. The summed E-state index contributed by atoms with van der Waals surface area (Å²) < 4.78 is 11.6. The maximum Gasteiger partial charge on any atom is 0.339 e. The van der Waals surface area contributed by atoms with Gasteiger partial charge in [0.1, 0.15) is 23.2 Å². The van der Waals surface area contributed by atoms with Gasteiger partial charge in [-0.25, -0.2) is 4.79 Å². The van der Waals surface area contributed by atoms with Crippen LogP contribution in [0.2, 0.25) is 0 Å². The van der Waals surface area contributed by atoms with Gasteiger partial charge in [0.25, 0.3) is 0 Å². The highest BCUT2D eigenvalue weighted by molar-refractivity contribution is 9.10. The number of hydrogen-bond donors (Lipinski definition) is 1. The molecule has 0 aliphatic rings. The van der Waals surface area contributed by atoms with Gasteiger partial charge in [-0.1, -0.05) is 0 Å². The van der Waals surface area contributed by atoms with Crippen molar-refractivity contribution in [2.45, 2.75) is 6.92 Å². The molecule has 17 heavy (non-hydrogen) atoms. The standard InChI is InChI=1S/C12H7BrO4/c1-5-2-7-10-6(3-9(13)11(7)17-5)8(4-16-10)12(14)15/h2-4H,1H3,(H,14,15). The van der Waals surface area contributed by atoms with Crippen molar-refractivity contribution < 1.29 is 18.7 Å². The minimum atomic E-state index is -1.00. The fourth-order valence-electron chi connectivity index (χ4n) is 1.94. The molecule has 86 valence electrons. The van der Waals surface area contributed by atoms with Gasteiger partial charge in [-0.05, 0) is 35.0 Å². The van der Waals surface area contributed by atoms with E-state index in [-0.39, 0.29) is 5.56 Å². The molecule has 2 aromatic heterocycles. The maximum absolute atomic E-state index is 11.0. The van der Waals surface area contributed by atoms with E-state index in [2.05, 4.69) is 15.9 Å². The number of benzene rings is 1. The van der Waals surface area contributed by atoms with Crippen molar-refractivity contribution in [2.24, 2.45) is 0 Å². The lowest BCUT2D eigenvalue weighted by molar-refractivity contribution is 0.0698. The van der Waals surface area contributed by atoms with E-state index < -0.39 is 5.97 Å². The molecule has 1 N–H and O–H groups in total. The van der Waals surface area contributed by atoms with Gasteiger partial charge in [-0.3, -0.25) is 0 Å². The van der Waals surface area contributed by atoms with Crippen molar-refractivity contribution in [3.05, 3.63) is 34.2 Å². The highest BCUT2D eigenvalue weighted by Crippen LogP contribution is 2.36. The molecule has 4 nitrogen and oxygen atoms in total. The number of rotatable bonds is 1. The fraction of sp³-hybridized carbons (Fsp3) is 0.0833. The van der Waals surface area contributed by atoms with Crippen LogP contribution in [0.1, 0.15) is 16.1 Å². The highest BCUT2D eigenvalue weighted by Gasteiger charge is 2.18. The Kier molecular flexibility index (Phi) is 2.06. The smallest absolute Gasteiger partial charge is 0.339 e. The van der Waals surface area contributed by atoms with Gasteiger partial charge in [0.15, 0.2) is 5.58 Å². The van der Waals surface area contributed by atoms with Crippen LogP contribution in [0.25, 0.3) is 21.9 Å². The summed E-state index contributed by atoms with van der Waals surface area (Å²) >= 11 is 3.37. The number of fused-ring (bicyclic) bond motifs is 3. The van der Waals surface area contributed by atoms with Crippen molar-refractivity contribution >= 4 is 43.8 Å². The summed E-state index contributed by atoms with van der Waals surface area (Å²) in [6.07, 6.45) is 1.25. The first-order chi connectivity index (χ1) is 8.08. The monoisotopic (exact) mass is 294 g/mol. The lowest BCUT2D eigenvalue weighted by Gasteiger charge is -1.95. The zero-order valence-electron chi connectivity index (χ0n) is 8.78. The lowest BCUT2D eigenvalue weighted by atomic mass is 10.1. The highest BCUT2D eigenvalue weighted by atomic mass is 79.9. The largest absolute Gasteiger partial charge is 0.478 e. The Morgan fingerprint density at radius 1 is 1.29 bits per heavy atom. The summed E-state index contributed by atoms with van der Waals surface area (Å²) in [6, 6.07) is 3.53. The average Bonchev–Trinajstić information content (AvgIpc) is 2.80. The molecule has 0 aliphatic heterocycles. The van der Waals surface area contributed by atoms with Crippen LogP contribution in [-0.2, 0) is 0 Å². The van der Waals surface area contributed by atoms with Gasteiger partial charge in [0.05, 0.1) is 9.86 Å². The van der Waals surface area contributed by atoms with Crippen molar-refractivity contribution in [3.63, 3.8) is 0 Å². The third kappa shape index (κ3) is 1.39. The third-order valence-electron chi connectivity index (χ3n) is 2.65. The number of furan rings is 2. The van der Waals surface area contributed by atoms with Gasteiger partial charge in [0.2, 0.25) is 0 Å². The Morgan fingerprint density at radius 3 is 2.76 bits per heavy atom. The van der Waals surface area contributed by atoms with Crippen LogP contribution in [-0.4, -0.2) is 11.1 Å². The predicted octanol–water partition coefficient (Wildman–Crippen LogP) is 3.95. The Hall–Kier alpha value is -1.75. The summed E-state index contributed by atoms with van der Waals surface area (Å²) in [4.78, 5) is 11.0. The molecule has 0 aliphatic carbocycles. The zero-order valence-corrected chi connectivity index (χ0v) is 10.4. The molecule has 0 saturated heterocycles. The number of aromatic carboxylic acids is 1. The van der Waals surface area contributed by atoms with Gasteiger partial charge >= 0.3 is 5.97 Å². The number of hydrogen-bond acceptors (Lipinski definition) is 3. The molecule has 3 rings (SSSR count). The second-order valence-electron chi connectivity index (χ2n) is 3.79. The minimum absolute atomic E-state index is 0.154. The van der Waals surface area contributed by atoms with E-state index in [9.17, 15) is 4.79 Å². The Morgan fingerprint density at radius 2 is 2.06 bits per heavy atom. The number of aryl methyl sites for hydroxylation is 1. The minimum Gasteiger partial charge on any atom is -0.478 e. The molecule has 5 heteroatoms. The Labute approximate surface area is 104 Å². The molecule has 0 saturated carbocycles. The molecule has 0 spiro atoms. The zero-order chi connectivity index (χ0) is 12.2. The first kappa shape index (κ1) is 10.4. The first-order valence-electron chi connectivity index (χ1n) is 4.91. The van der Waals surface area contributed by atoms with Gasteiger partial charge in [-0.2, -0.15) is 0 Å². The summed E-state index contributed by atoms with van der Waals surface area (Å²) in [7, 11) is 0. The van der Waals surface area contributed by atoms with Crippen molar-refractivity contribution in [2.75, 3.05) is 0 Å². The van der Waals surface area contributed by atoms with E-state index in [1.165, 1.54) is 6.26 Å². The molecule has 0 fully saturated rings. The van der Waals surface area contributed by atoms with E-state index in [0.29, 0.717) is 16.6 Å². The molecular formula is C12H7BrO4. The second-order valence-corrected chi connectivity index (χ2v) is 4.64. The van der Waals surface area contributed by atoms with Crippen LogP contribution in [0.15, 0.2) is 31.7 Å². The number of halogens is 1. The van der Waals surface area contributed by atoms with Crippen LogP contribution in [0.5, 0.6) is 0 Å². The molecule has 0 unspecified atom stereocenters. The van der Waals surface area contributed by atoms with Crippen molar-refractivity contribution in [3.8, 4) is 0 Å². The van der Waals surface area contributed by atoms with Crippen LogP contribution >= 0.6 is 15.9 Å². The van der Waals surface area contributed by atoms with Gasteiger partial charge in [-0.15, -0.1) is 0 Å². The lowest BCUT2D eigenvalue weighted by Crippen LogP contribution is -1.93. The summed E-state index contributed by atoms with van der Waals surface area (Å²) in [6.45, 7) is 1.83. The third-order valence-corrected chi connectivity index (χ3v) is 3.24. The number of carbonyl (C=O) groups is 1. The van der Waals surface area contributed by atoms with Crippen LogP contribution in [0.3, 0.4) is 0 Å². The molecule has 0 bridgehead atoms. The molecule has 2 heterocycles. The summed E-state index contributed by atoms with van der Waals surface area (Å²) in [5, 5.41) is 10.4. The van der Waals surface area contributed by atoms with E-state index in [4.69, 9.17) is 13.9 Å². The van der Waals surface area contributed by atoms with Crippen LogP contribution < -0.4 is 0 Å². The maximum atomic E-state index is 11.0. The summed E-state index contributed by atoms with van der Waals surface area (Å²) in [5.41, 5.74) is 1.36. The molecule has 0 radical (unpaired) electrons. The van der Waals surface area contributed by atoms with E-state index in [0.717, 1.165) is 15.6 Å². The Bertz CT molecular complexity index is 751. The average molecular weight is 295 g/mol. The quantitative estimate of drug-likeness (QED) is 0.738. The van der Waals surface area contributed by atoms with Crippen LogP contribution in [0.4, 0.5) is 0 Å². The predicted molar refractivity (Wildman–Crippen MR) is 65.4 cm³/mol. The van der Waals surface area contributed by atoms with Crippen molar-refractivity contribution in [1.82, 2.24) is 0 Å². The second kappa shape index (κ2) is 3.37. The van der Waals surface area contributed by atoms with E-state index >= 15 is 0 Å². The van der Waals surface area contributed by atoms with E-state index in [1.807, 2.05) is 13.0 Å². The Balaban J connectivity index is 2.53. The van der Waals surface area contributed by atoms with Crippen molar-refractivity contribution in [1.29, 1.82) is 0 Å². The normalized spacial score (nSPS) is 11.4. The molecule has 0 atom stereocenters. The van der Waals surface area contributed by atoms with Crippen LogP contribution in [0, 0.1) is 6.92 Å². The molecule has 0 amide bonds. The number of carboxylic acid groups (broad SMARTS) is 1. The molecule has 3 aromatic rings. The fourth-order valence-corrected chi connectivity index (χ4v) is 2.46. The topological polar surface area (TPSA) is 63.6 Å². The SMILES string of the molecule is Cc1cc2c(o1)c(Br)cc1c(C(=O)O)coc12. The van der Waals surface area contributed by atoms with Gasteiger partial charge < -0.3 is 13.9 Å². The first-order valence-corrected chi connectivity index (χ1v) is 5.70. The van der Waals surface area contributed by atoms with E-state index in [1.54, 1.807) is 6.07 Å². The van der Waals surface area contributed by atoms with Gasteiger partial charge in [0, 0.05) is 5.39 Å². The summed E-state index contributed by atoms with van der Waals surface area (Å²) in [5.74, 6) is -0.253. The molecule has 1 aromatic carbocycles. The number of carboxylic acids is 1.